The molecule has 280 valence electrons. The minimum atomic E-state index is -0.554. The van der Waals surface area contributed by atoms with Crippen LogP contribution in [0, 0.1) is 11.3 Å². The van der Waals surface area contributed by atoms with E-state index in [4.69, 9.17) is 9.47 Å². The van der Waals surface area contributed by atoms with Crippen molar-refractivity contribution in [2.45, 2.75) is 43.0 Å². The van der Waals surface area contributed by atoms with Gasteiger partial charge in [-0.3, -0.25) is 19.3 Å². The Morgan fingerprint density at radius 1 is 0.945 bits per heavy atom. The highest BCUT2D eigenvalue weighted by Crippen LogP contribution is 2.38. The van der Waals surface area contributed by atoms with E-state index in [-0.39, 0.29) is 11.6 Å². The molecule has 2 heterocycles. The van der Waals surface area contributed by atoms with Gasteiger partial charge in [0.2, 0.25) is 5.91 Å². The number of carbonyl (C=O) groups is 3. The number of nitrogens with zero attached hydrogens (tertiary/aromatic N) is 2. The number of amides is 3. The Bertz CT molecular complexity index is 2230. The van der Waals surface area contributed by atoms with Crippen molar-refractivity contribution in [1.82, 2.24) is 10.2 Å². The molecule has 0 saturated heterocycles. The number of nitriles is 1. The number of fused-ring (bicyclic) bond motifs is 1. The van der Waals surface area contributed by atoms with Gasteiger partial charge in [0, 0.05) is 52.3 Å². The van der Waals surface area contributed by atoms with Crippen molar-refractivity contribution in [3.8, 4) is 17.6 Å². The zero-order chi connectivity index (χ0) is 38.7. The minimum Gasteiger partial charge on any atom is -0.497 e. The molecule has 0 saturated carbocycles. The van der Waals surface area contributed by atoms with Gasteiger partial charge in [-0.25, -0.2) is 0 Å². The molecule has 3 amide bonds. The van der Waals surface area contributed by atoms with Crippen LogP contribution in [0.1, 0.15) is 50.8 Å². The summed E-state index contributed by atoms with van der Waals surface area (Å²) in [5.74, 6) is -0.170. The van der Waals surface area contributed by atoms with Gasteiger partial charge in [0.1, 0.15) is 28.3 Å². The zero-order valence-corrected chi connectivity index (χ0v) is 32.4. The molecule has 3 N–H and O–H groups in total. The fourth-order valence-electron chi connectivity index (χ4n) is 6.20. The van der Waals surface area contributed by atoms with Crippen LogP contribution in [-0.4, -0.2) is 48.6 Å². The summed E-state index contributed by atoms with van der Waals surface area (Å²) in [7, 11) is 3.06. The van der Waals surface area contributed by atoms with Crippen LogP contribution in [0.5, 0.6) is 11.5 Å². The third-order valence-corrected chi connectivity index (χ3v) is 11.5. The second-order valence-corrected chi connectivity index (χ2v) is 15.1. The summed E-state index contributed by atoms with van der Waals surface area (Å²) in [4.78, 5) is 44.9. The molecule has 1 unspecified atom stereocenters. The van der Waals surface area contributed by atoms with Gasteiger partial charge < -0.3 is 25.4 Å². The number of hydrogen-bond donors (Lipinski definition) is 3. The van der Waals surface area contributed by atoms with E-state index in [0.717, 1.165) is 41.4 Å². The van der Waals surface area contributed by atoms with Crippen molar-refractivity contribution < 1.29 is 23.9 Å². The molecule has 55 heavy (non-hydrogen) atoms. The van der Waals surface area contributed by atoms with Crippen LogP contribution < -0.4 is 25.4 Å². The number of thioether (sulfide) groups is 1. The van der Waals surface area contributed by atoms with E-state index in [2.05, 4.69) is 39.1 Å². The second-order valence-electron chi connectivity index (χ2n) is 12.7. The Morgan fingerprint density at radius 2 is 1.71 bits per heavy atom. The normalized spacial score (nSPS) is 13.2. The largest absolute Gasteiger partial charge is 0.497 e. The average Bonchev–Trinajstić information content (AvgIpc) is 3.56. The molecule has 0 aliphatic carbocycles. The quantitative estimate of drug-likeness (QED) is 0.0762. The number of rotatable bonds is 14. The topological polar surface area (TPSA) is 133 Å². The molecular formula is C43H41N5O5S2. The standard InChI is InChI=1S/C43H41N5O5S2/c1-4-38(42(51)47-43-35(25-44)34-20-21-48(27-39(34)55-43)26-28-12-7-5-8-13-28)54-33-17-11-16-31(23-33)45-41(50)36(46-40(49)29-14-9-6-10-15-29)22-30-18-19-32(52-2)24-37(30)53-3/h5-19,22-24,38H,4,20-21,26-27H2,1-3H3,(H,45,50)(H,46,49)(H,47,51)/b36-22+. The Morgan fingerprint density at radius 3 is 2.42 bits per heavy atom. The summed E-state index contributed by atoms with van der Waals surface area (Å²) < 4.78 is 10.8. The Kier molecular flexibility index (Phi) is 13.0. The summed E-state index contributed by atoms with van der Waals surface area (Å²) in [6, 6.07) is 33.6. The number of hydrogen-bond acceptors (Lipinski definition) is 9. The monoisotopic (exact) mass is 771 g/mol. The molecule has 12 heteroatoms. The van der Waals surface area contributed by atoms with Crippen LogP contribution >= 0.6 is 23.1 Å². The smallest absolute Gasteiger partial charge is 0.272 e. The highest BCUT2D eigenvalue weighted by molar-refractivity contribution is 8.00. The van der Waals surface area contributed by atoms with Crippen LogP contribution in [0.25, 0.3) is 6.08 Å². The third-order valence-electron chi connectivity index (χ3n) is 9.04. The summed E-state index contributed by atoms with van der Waals surface area (Å²) >= 11 is 2.85. The first-order valence-electron chi connectivity index (χ1n) is 17.8. The molecule has 1 aromatic heterocycles. The fraction of sp³-hybridized carbons (Fsp3) is 0.209. The lowest BCUT2D eigenvalue weighted by Crippen LogP contribution is -2.30. The van der Waals surface area contributed by atoms with Crippen LogP contribution in [0.4, 0.5) is 10.7 Å². The summed E-state index contributed by atoms with van der Waals surface area (Å²) in [5, 5.41) is 19.0. The molecule has 10 nitrogen and oxygen atoms in total. The third kappa shape index (κ3) is 9.82. The Labute approximate surface area is 329 Å². The number of benzene rings is 4. The van der Waals surface area contributed by atoms with Crippen LogP contribution in [-0.2, 0) is 29.1 Å². The van der Waals surface area contributed by atoms with E-state index in [1.807, 2.05) is 31.2 Å². The van der Waals surface area contributed by atoms with E-state index in [1.54, 1.807) is 79.9 Å². The minimum absolute atomic E-state index is 0.00341. The van der Waals surface area contributed by atoms with Crippen molar-refractivity contribution >= 4 is 57.6 Å². The maximum Gasteiger partial charge on any atom is 0.272 e. The lowest BCUT2D eigenvalue weighted by Gasteiger charge is -2.26. The number of anilines is 2. The first-order chi connectivity index (χ1) is 26.8. The highest BCUT2D eigenvalue weighted by atomic mass is 32.2. The van der Waals surface area contributed by atoms with Gasteiger partial charge in [-0.1, -0.05) is 61.5 Å². The number of nitrogens with one attached hydrogen (secondary N) is 3. The molecule has 0 radical (unpaired) electrons. The number of ether oxygens (including phenoxy) is 2. The van der Waals surface area contributed by atoms with Crippen molar-refractivity contribution in [1.29, 1.82) is 5.26 Å². The predicted octanol–water partition coefficient (Wildman–Crippen LogP) is 8.11. The number of methoxy groups -OCH3 is 2. The zero-order valence-electron chi connectivity index (χ0n) is 30.8. The van der Waals surface area contributed by atoms with E-state index in [0.29, 0.717) is 45.3 Å². The number of thiophene rings is 1. The van der Waals surface area contributed by atoms with Gasteiger partial charge in [-0.05, 0) is 72.5 Å². The molecule has 0 fully saturated rings. The van der Waals surface area contributed by atoms with Gasteiger partial charge in [0.05, 0.1) is 25.0 Å². The average molecular weight is 772 g/mol. The molecule has 6 rings (SSSR count). The molecule has 0 spiro atoms. The molecule has 1 atom stereocenters. The van der Waals surface area contributed by atoms with Crippen LogP contribution in [0.2, 0.25) is 0 Å². The molecule has 0 bridgehead atoms. The Balaban J connectivity index is 1.16. The second kappa shape index (κ2) is 18.4. The van der Waals surface area contributed by atoms with E-state index in [9.17, 15) is 19.6 Å². The van der Waals surface area contributed by atoms with Gasteiger partial charge in [-0.15, -0.1) is 23.1 Å². The maximum absolute atomic E-state index is 13.8. The van der Waals surface area contributed by atoms with E-state index < -0.39 is 17.1 Å². The van der Waals surface area contributed by atoms with Gasteiger partial charge in [0.25, 0.3) is 11.8 Å². The van der Waals surface area contributed by atoms with Gasteiger partial charge >= 0.3 is 0 Å². The first-order valence-corrected chi connectivity index (χ1v) is 19.5. The summed E-state index contributed by atoms with van der Waals surface area (Å²) in [6.45, 7) is 4.33. The SMILES string of the molecule is CCC(Sc1cccc(NC(=O)/C(=C\c2ccc(OC)cc2OC)NC(=O)c2ccccc2)c1)C(=O)Nc1sc2c(c1C#N)CCN(Cc1ccccc1)C2. The van der Waals surface area contributed by atoms with E-state index >= 15 is 0 Å². The molecule has 5 aromatic rings. The van der Waals surface area contributed by atoms with Crippen LogP contribution in [0.15, 0.2) is 114 Å². The van der Waals surface area contributed by atoms with Crippen molar-refractivity contribution in [2.75, 3.05) is 31.4 Å². The lowest BCUT2D eigenvalue weighted by molar-refractivity contribution is -0.116. The molecule has 1 aliphatic heterocycles. The molecular weight excluding hydrogens is 731 g/mol. The molecule has 4 aromatic carbocycles. The van der Waals surface area contributed by atoms with Crippen LogP contribution in [0.3, 0.4) is 0 Å². The first kappa shape index (κ1) is 38.8. The van der Waals surface area contributed by atoms with E-state index in [1.165, 1.54) is 35.8 Å². The summed E-state index contributed by atoms with van der Waals surface area (Å²) in [6.07, 6.45) is 2.83. The highest BCUT2D eigenvalue weighted by Gasteiger charge is 2.27. The summed E-state index contributed by atoms with van der Waals surface area (Å²) in [5.41, 5.74) is 4.23. The Hall–Kier alpha value is -5.87. The number of carbonyl (C=O) groups excluding carboxylic acids is 3. The fourth-order valence-corrected chi connectivity index (χ4v) is 8.46. The lowest BCUT2D eigenvalue weighted by atomic mass is 10.0. The van der Waals surface area contributed by atoms with Gasteiger partial charge in [-0.2, -0.15) is 5.26 Å². The predicted molar refractivity (Wildman–Crippen MR) is 218 cm³/mol. The van der Waals surface area contributed by atoms with Crippen molar-refractivity contribution in [3.63, 3.8) is 0 Å². The van der Waals surface area contributed by atoms with Gasteiger partial charge in [0.15, 0.2) is 0 Å². The maximum atomic E-state index is 13.8. The van der Waals surface area contributed by atoms with Crippen molar-refractivity contribution in [3.05, 3.63) is 142 Å². The van der Waals surface area contributed by atoms with Crippen molar-refractivity contribution in [2.24, 2.45) is 0 Å². The molecule has 1 aliphatic rings.